The lowest BCUT2D eigenvalue weighted by molar-refractivity contribution is 0.646. The van der Waals surface area contributed by atoms with E-state index in [1.807, 2.05) is 53.9 Å². The van der Waals surface area contributed by atoms with Gasteiger partial charge in [0, 0.05) is 18.6 Å². The molecular weight excluding hydrogens is 196 g/mol. The van der Waals surface area contributed by atoms with Crippen LogP contribution in [0.1, 0.15) is 19.8 Å². The van der Waals surface area contributed by atoms with Crippen LogP contribution in [-0.2, 0) is 0 Å². The number of rotatable bonds is 2. The Balaban J connectivity index is 0.000000221. The standard InChI is InChI=1S/C9H8N2.C5H10/c1-2-6-11-7-3-5-10-8-9(11)4-1;1-3-5-4-2/h1-8H;3H,1,4-5H2,2H3. The van der Waals surface area contributed by atoms with Crippen LogP contribution in [0.2, 0.25) is 0 Å². The number of hydrogen-bond acceptors (Lipinski definition) is 2. The van der Waals surface area contributed by atoms with Crippen molar-refractivity contribution in [2.24, 2.45) is 4.99 Å². The summed E-state index contributed by atoms with van der Waals surface area (Å²) in [6.07, 6.45) is 19.8. The topological polar surface area (TPSA) is 15.6 Å². The molecule has 0 saturated carbocycles. The quantitative estimate of drug-likeness (QED) is 0.639. The summed E-state index contributed by atoms with van der Waals surface area (Å²) < 4.78 is 0. The molecule has 0 aromatic rings. The van der Waals surface area contributed by atoms with Crippen LogP contribution < -0.4 is 0 Å². The average Bonchev–Trinajstić information content (AvgIpc) is 2.56. The predicted octanol–water partition coefficient (Wildman–Crippen LogP) is 3.78. The first kappa shape index (κ1) is 12.2. The number of aliphatic imine (C=N–C) groups is 1. The van der Waals surface area contributed by atoms with Gasteiger partial charge in [0.1, 0.15) is 0 Å². The van der Waals surface area contributed by atoms with Crippen molar-refractivity contribution >= 4 is 6.21 Å². The first-order valence-corrected chi connectivity index (χ1v) is 5.52. The van der Waals surface area contributed by atoms with Crippen LogP contribution in [0.3, 0.4) is 0 Å². The molecule has 0 radical (unpaired) electrons. The molecule has 2 nitrogen and oxygen atoms in total. The maximum atomic E-state index is 4.05. The summed E-state index contributed by atoms with van der Waals surface area (Å²) in [5.41, 5.74) is 1.09. The lowest BCUT2D eigenvalue weighted by Crippen LogP contribution is -2.08. The lowest BCUT2D eigenvalue weighted by atomic mass is 10.3. The van der Waals surface area contributed by atoms with Crippen molar-refractivity contribution in [2.75, 3.05) is 0 Å². The summed E-state index contributed by atoms with van der Waals surface area (Å²) in [6.45, 7) is 5.69. The Kier molecular flexibility index (Phi) is 5.71. The third-order valence-corrected chi connectivity index (χ3v) is 2.04. The van der Waals surface area contributed by atoms with Gasteiger partial charge in [-0.05, 0) is 24.6 Å². The Hall–Kier alpha value is -1.83. The zero-order chi connectivity index (χ0) is 11.6. The minimum absolute atomic E-state index is 1.09. The molecule has 0 amide bonds. The zero-order valence-corrected chi connectivity index (χ0v) is 9.71. The molecule has 84 valence electrons. The van der Waals surface area contributed by atoms with Crippen molar-refractivity contribution in [3.05, 3.63) is 61.3 Å². The first-order valence-electron chi connectivity index (χ1n) is 5.52. The van der Waals surface area contributed by atoms with Gasteiger partial charge in [-0.1, -0.05) is 25.5 Å². The van der Waals surface area contributed by atoms with Crippen molar-refractivity contribution in [1.29, 1.82) is 0 Å². The number of allylic oxidation sites excluding steroid dienone is 5. The summed E-state index contributed by atoms with van der Waals surface area (Å²) in [5.74, 6) is 0. The molecule has 2 heterocycles. The molecule has 2 heteroatoms. The van der Waals surface area contributed by atoms with Gasteiger partial charge >= 0.3 is 0 Å². The molecule has 2 rings (SSSR count). The average molecular weight is 214 g/mol. The highest BCUT2D eigenvalue weighted by molar-refractivity contribution is 5.72. The van der Waals surface area contributed by atoms with E-state index in [1.54, 1.807) is 6.21 Å². The van der Waals surface area contributed by atoms with Crippen LogP contribution in [0.5, 0.6) is 0 Å². The van der Waals surface area contributed by atoms with E-state index in [0.717, 1.165) is 12.1 Å². The van der Waals surface area contributed by atoms with E-state index in [-0.39, 0.29) is 0 Å². The van der Waals surface area contributed by atoms with Crippen LogP contribution >= 0.6 is 0 Å². The summed E-state index contributed by atoms with van der Waals surface area (Å²) in [4.78, 5) is 6.08. The van der Waals surface area contributed by atoms with E-state index in [4.69, 9.17) is 0 Å². The van der Waals surface area contributed by atoms with Gasteiger partial charge in [-0.2, -0.15) is 0 Å². The Bertz CT molecular complexity index is 357. The van der Waals surface area contributed by atoms with Crippen LogP contribution in [0.4, 0.5) is 0 Å². The van der Waals surface area contributed by atoms with Crippen LogP contribution in [0.25, 0.3) is 0 Å². The van der Waals surface area contributed by atoms with Gasteiger partial charge in [-0.3, -0.25) is 4.99 Å². The maximum Gasteiger partial charge on any atom is 0.0632 e. The second-order valence-electron chi connectivity index (χ2n) is 3.38. The summed E-state index contributed by atoms with van der Waals surface area (Å²) in [7, 11) is 0. The number of fused-ring (bicyclic) bond motifs is 1. The van der Waals surface area contributed by atoms with E-state index in [0.29, 0.717) is 0 Å². The van der Waals surface area contributed by atoms with Crippen molar-refractivity contribution < 1.29 is 0 Å². The molecule has 0 bridgehead atoms. The van der Waals surface area contributed by atoms with Gasteiger partial charge in [0.25, 0.3) is 0 Å². The molecule has 0 saturated heterocycles. The SMILES string of the molecule is C1=CC2=CN=CC=CN2C=C1.C=CCCC. The van der Waals surface area contributed by atoms with Gasteiger partial charge in [-0.25, -0.2) is 0 Å². The number of hydrogen-bond donors (Lipinski definition) is 0. The second-order valence-corrected chi connectivity index (χ2v) is 3.38. The zero-order valence-electron chi connectivity index (χ0n) is 9.71. The van der Waals surface area contributed by atoms with Crippen molar-refractivity contribution in [3.63, 3.8) is 0 Å². The van der Waals surface area contributed by atoms with Crippen molar-refractivity contribution in [1.82, 2.24) is 4.90 Å². The predicted molar refractivity (Wildman–Crippen MR) is 70.9 cm³/mol. The van der Waals surface area contributed by atoms with Gasteiger partial charge in [-0.15, -0.1) is 6.58 Å². The molecule has 2 aliphatic heterocycles. The minimum atomic E-state index is 1.09. The molecule has 0 N–H and O–H groups in total. The Morgan fingerprint density at radius 2 is 2.12 bits per heavy atom. The Morgan fingerprint density at radius 1 is 1.31 bits per heavy atom. The van der Waals surface area contributed by atoms with Crippen molar-refractivity contribution in [3.8, 4) is 0 Å². The van der Waals surface area contributed by atoms with Gasteiger partial charge in [0.05, 0.1) is 11.9 Å². The molecule has 0 spiro atoms. The lowest BCUT2D eigenvalue weighted by Gasteiger charge is -2.16. The molecule has 16 heavy (non-hydrogen) atoms. The number of unbranched alkanes of at least 4 members (excludes halogenated alkanes) is 1. The largest absolute Gasteiger partial charge is 0.322 e. The second kappa shape index (κ2) is 7.46. The van der Waals surface area contributed by atoms with E-state index in [1.165, 1.54) is 6.42 Å². The van der Waals surface area contributed by atoms with Crippen molar-refractivity contribution in [2.45, 2.75) is 19.8 Å². The fraction of sp³-hybridized carbons (Fsp3) is 0.214. The molecule has 2 aliphatic rings. The molecule has 0 aliphatic carbocycles. The van der Waals surface area contributed by atoms with Crippen LogP contribution in [0.15, 0.2) is 66.2 Å². The highest BCUT2D eigenvalue weighted by atomic mass is 15.1. The molecular formula is C14H18N2. The van der Waals surface area contributed by atoms with E-state index >= 15 is 0 Å². The Labute approximate surface area is 97.7 Å². The Morgan fingerprint density at radius 3 is 2.81 bits per heavy atom. The minimum Gasteiger partial charge on any atom is -0.322 e. The third-order valence-electron chi connectivity index (χ3n) is 2.04. The van der Waals surface area contributed by atoms with E-state index < -0.39 is 0 Å². The van der Waals surface area contributed by atoms with Crippen LogP contribution in [0, 0.1) is 0 Å². The van der Waals surface area contributed by atoms with E-state index in [9.17, 15) is 0 Å². The van der Waals surface area contributed by atoms with Crippen LogP contribution in [-0.4, -0.2) is 11.1 Å². The fourth-order valence-electron chi connectivity index (χ4n) is 1.22. The van der Waals surface area contributed by atoms with Gasteiger partial charge in [0.15, 0.2) is 0 Å². The first-order chi connectivity index (χ1) is 7.88. The summed E-state index contributed by atoms with van der Waals surface area (Å²) in [6, 6.07) is 0. The van der Waals surface area contributed by atoms with Gasteiger partial charge in [0.2, 0.25) is 0 Å². The van der Waals surface area contributed by atoms with Gasteiger partial charge < -0.3 is 4.90 Å². The smallest absolute Gasteiger partial charge is 0.0632 e. The monoisotopic (exact) mass is 214 g/mol. The fourth-order valence-corrected chi connectivity index (χ4v) is 1.22. The summed E-state index contributed by atoms with van der Waals surface area (Å²) in [5, 5.41) is 0. The third kappa shape index (κ3) is 4.13. The number of nitrogens with zero attached hydrogens (tertiary/aromatic N) is 2. The maximum absolute atomic E-state index is 4.05. The molecule has 0 atom stereocenters. The molecule has 0 aromatic heterocycles. The summed E-state index contributed by atoms with van der Waals surface area (Å²) >= 11 is 0. The highest BCUT2D eigenvalue weighted by Crippen LogP contribution is 2.13. The highest BCUT2D eigenvalue weighted by Gasteiger charge is 2.02. The normalized spacial score (nSPS) is 15.8. The molecule has 0 aromatic carbocycles. The molecule has 0 unspecified atom stereocenters. The van der Waals surface area contributed by atoms with E-state index in [2.05, 4.69) is 18.5 Å². The molecule has 0 fully saturated rings.